The molecular weight excluding hydrogens is 350 g/mol. The van der Waals surface area contributed by atoms with E-state index < -0.39 is 5.97 Å². The SMILES string of the molecule is COC(=O)c1sc(NCc2ccc(C(=O)NC3CC3)cc2)nc1Cl. The number of rotatable bonds is 6. The fourth-order valence-corrected chi connectivity index (χ4v) is 3.14. The molecule has 2 N–H and O–H groups in total. The molecule has 1 fully saturated rings. The number of thiazole rings is 1. The maximum atomic E-state index is 11.9. The average molecular weight is 366 g/mol. The van der Waals surface area contributed by atoms with Gasteiger partial charge in [-0.05, 0) is 30.5 Å². The number of benzene rings is 1. The lowest BCUT2D eigenvalue weighted by atomic mass is 10.1. The lowest BCUT2D eigenvalue weighted by molar-refractivity contribution is 0.0606. The first-order valence-electron chi connectivity index (χ1n) is 7.45. The van der Waals surface area contributed by atoms with Crippen LogP contribution in [-0.2, 0) is 11.3 Å². The molecule has 0 unspecified atom stereocenters. The van der Waals surface area contributed by atoms with Gasteiger partial charge in [-0.25, -0.2) is 9.78 Å². The van der Waals surface area contributed by atoms with E-state index in [4.69, 9.17) is 11.6 Å². The van der Waals surface area contributed by atoms with E-state index in [0.717, 1.165) is 29.7 Å². The van der Waals surface area contributed by atoms with Crippen molar-refractivity contribution in [2.24, 2.45) is 0 Å². The monoisotopic (exact) mass is 365 g/mol. The third kappa shape index (κ3) is 4.04. The predicted octanol–water partition coefficient (Wildman–Crippen LogP) is 3.09. The molecule has 0 bridgehead atoms. The smallest absolute Gasteiger partial charge is 0.351 e. The number of ether oxygens (including phenoxy) is 1. The number of halogens is 1. The highest BCUT2D eigenvalue weighted by molar-refractivity contribution is 7.18. The minimum Gasteiger partial charge on any atom is -0.465 e. The number of carbonyl (C=O) groups is 2. The van der Waals surface area contributed by atoms with Crippen molar-refractivity contribution in [3.8, 4) is 0 Å². The van der Waals surface area contributed by atoms with Crippen LogP contribution < -0.4 is 10.6 Å². The van der Waals surface area contributed by atoms with Gasteiger partial charge in [0.05, 0.1) is 7.11 Å². The summed E-state index contributed by atoms with van der Waals surface area (Å²) in [5.74, 6) is -0.539. The van der Waals surface area contributed by atoms with Crippen LogP contribution in [0.25, 0.3) is 0 Å². The van der Waals surface area contributed by atoms with Gasteiger partial charge in [-0.3, -0.25) is 4.79 Å². The molecule has 0 atom stereocenters. The summed E-state index contributed by atoms with van der Waals surface area (Å²) >= 11 is 7.06. The summed E-state index contributed by atoms with van der Waals surface area (Å²) in [5.41, 5.74) is 1.64. The van der Waals surface area contributed by atoms with Crippen molar-refractivity contribution in [1.82, 2.24) is 10.3 Å². The van der Waals surface area contributed by atoms with Crippen molar-refractivity contribution < 1.29 is 14.3 Å². The first kappa shape index (κ1) is 16.7. The minimum atomic E-state index is -0.503. The molecule has 1 aromatic heterocycles. The van der Waals surface area contributed by atoms with Crippen molar-refractivity contribution in [2.75, 3.05) is 12.4 Å². The zero-order valence-electron chi connectivity index (χ0n) is 13.0. The maximum Gasteiger partial charge on any atom is 0.351 e. The Kier molecular flexibility index (Phi) is 5.01. The summed E-state index contributed by atoms with van der Waals surface area (Å²) in [5, 5.41) is 6.72. The molecule has 1 aliphatic rings. The molecule has 0 radical (unpaired) electrons. The highest BCUT2D eigenvalue weighted by Gasteiger charge is 2.23. The number of hydrogen-bond donors (Lipinski definition) is 2. The van der Waals surface area contributed by atoms with Crippen LogP contribution in [0.4, 0.5) is 5.13 Å². The average Bonchev–Trinajstić information content (AvgIpc) is 3.33. The second-order valence-corrected chi connectivity index (χ2v) is 6.79. The van der Waals surface area contributed by atoms with Gasteiger partial charge in [0.15, 0.2) is 15.2 Å². The maximum absolute atomic E-state index is 11.9. The highest BCUT2D eigenvalue weighted by Crippen LogP contribution is 2.27. The van der Waals surface area contributed by atoms with Gasteiger partial charge in [0.25, 0.3) is 5.91 Å². The highest BCUT2D eigenvalue weighted by atomic mass is 35.5. The molecule has 1 heterocycles. The predicted molar refractivity (Wildman–Crippen MR) is 92.7 cm³/mol. The summed E-state index contributed by atoms with van der Waals surface area (Å²) in [6, 6.07) is 7.70. The number of carbonyl (C=O) groups excluding carboxylic acids is 2. The number of esters is 1. The molecule has 1 aliphatic carbocycles. The number of amides is 1. The fourth-order valence-electron chi connectivity index (χ4n) is 2.04. The third-order valence-corrected chi connectivity index (χ3v) is 4.91. The number of anilines is 1. The van der Waals surface area contributed by atoms with E-state index in [9.17, 15) is 9.59 Å². The van der Waals surface area contributed by atoms with E-state index in [1.165, 1.54) is 7.11 Å². The zero-order chi connectivity index (χ0) is 17.1. The van der Waals surface area contributed by atoms with Crippen molar-refractivity contribution in [3.05, 3.63) is 45.4 Å². The lowest BCUT2D eigenvalue weighted by Crippen LogP contribution is -2.25. The van der Waals surface area contributed by atoms with Crippen molar-refractivity contribution in [1.29, 1.82) is 0 Å². The quantitative estimate of drug-likeness (QED) is 0.769. The molecule has 8 heteroatoms. The second-order valence-electron chi connectivity index (χ2n) is 5.43. The van der Waals surface area contributed by atoms with E-state index in [-0.39, 0.29) is 15.9 Å². The van der Waals surface area contributed by atoms with Crippen molar-refractivity contribution in [3.63, 3.8) is 0 Å². The van der Waals surface area contributed by atoms with Gasteiger partial charge in [0.1, 0.15) is 0 Å². The van der Waals surface area contributed by atoms with Crippen molar-refractivity contribution in [2.45, 2.75) is 25.4 Å². The third-order valence-electron chi connectivity index (χ3n) is 3.53. The molecule has 0 saturated heterocycles. The number of hydrogen-bond acceptors (Lipinski definition) is 6. The molecule has 6 nitrogen and oxygen atoms in total. The molecular formula is C16H16ClN3O3S. The lowest BCUT2D eigenvalue weighted by Gasteiger charge is -2.06. The number of nitrogens with zero attached hydrogens (tertiary/aromatic N) is 1. The van der Waals surface area contributed by atoms with Crippen LogP contribution in [0.1, 0.15) is 38.4 Å². The van der Waals surface area contributed by atoms with Crippen LogP contribution in [0.3, 0.4) is 0 Å². The molecule has 1 aromatic carbocycles. The Morgan fingerprint density at radius 1 is 1.33 bits per heavy atom. The van der Waals surface area contributed by atoms with E-state index in [1.54, 1.807) is 12.1 Å². The first-order valence-corrected chi connectivity index (χ1v) is 8.64. The van der Waals surface area contributed by atoms with Crippen LogP contribution in [0.2, 0.25) is 5.15 Å². The zero-order valence-corrected chi connectivity index (χ0v) is 14.5. The Bertz CT molecular complexity index is 756. The van der Waals surface area contributed by atoms with E-state index in [2.05, 4.69) is 20.4 Å². The Balaban J connectivity index is 1.58. The Morgan fingerprint density at radius 2 is 2.04 bits per heavy atom. The first-order chi connectivity index (χ1) is 11.6. The van der Waals surface area contributed by atoms with Crippen molar-refractivity contribution >= 4 is 39.9 Å². The van der Waals surface area contributed by atoms with E-state index in [1.807, 2.05) is 12.1 Å². The molecule has 3 rings (SSSR count). The van der Waals surface area contributed by atoms with Gasteiger partial charge in [0, 0.05) is 18.2 Å². The van der Waals surface area contributed by atoms with Gasteiger partial charge in [-0.15, -0.1) is 0 Å². The van der Waals surface area contributed by atoms with Crippen LogP contribution in [0.15, 0.2) is 24.3 Å². The summed E-state index contributed by atoms with van der Waals surface area (Å²) in [4.78, 5) is 27.8. The Hall–Kier alpha value is -2.12. The summed E-state index contributed by atoms with van der Waals surface area (Å²) < 4.78 is 4.64. The largest absolute Gasteiger partial charge is 0.465 e. The molecule has 126 valence electrons. The van der Waals surface area contributed by atoms with Gasteiger partial charge in [0.2, 0.25) is 0 Å². The molecule has 1 amide bonds. The molecule has 0 aliphatic heterocycles. The molecule has 2 aromatic rings. The Morgan fingerprint density at radius 3 is 2.67 bits per heavy atom. The van der Waals surface area contributed by atoms with Crippen LogP contribution in [0.5, 0.6) is 0 Å². The molecule has 1 saturated carbocycles. The normalized spacial score (nSPS) is 13.4. The van der Waals surface area contributed by atoms with Gasteiger partial charge in [-0.1, -0.05) is 35.1 Å². The fraction of sp³-hybridized carbons (Fsp3) is 0.312. The van der Waals surface area contributed by atoms with Gasteiger partial charge < -0.3 is 15.4 Å². The van der Waals surface area contributed by atoms with Crippen LogP contribution in [0, 0.1) is 0 Å². The number of methoxy groups -OCH3 is 1. The minimum absolute atomic E-state index is 0.0357. The topological polar surface area (TPSA) is 80.3 Å². The van der Waals surface area contributed by atoms with Gasteiger partial charge in [-0.2, -0.15) is 0 Å². The summed E-state index contributed by atoms with van der Waals surface area (Å²) in [6.07, 6.45) is 2.13. The number of nitrogens with one attached hydrogen (secondary N) is 2. The van der Waals surface area contributed by atoms with Crippen LogP contribution in [-0.4, -0.2) is 30.0 Å². The van der Waals surface area contributed by atoms with Gasteiger partial charge >= 0.3 is 5.97 Å². The van der Waals surface area contributed by atoms with Crippen LogP contribution >= 0.6 is 22.9 Å². The molecule has 0 spiro atoms. The Labute approximate surface area is 148 Å². The van der Waals surface area contributed by atoms with E-state index in [0.29, 0.717) is 23.3 Å². The summed E-state index contributed by atoms with van der Waals surface area (Å²) in [6.45, 7) is 0.509. The summed E-state index contributed by atoms with van der Waals surface area (Å²) in [7, 11) is 1.30. The number of aromatic nitrogens is 1. The van der Waals surface area contributed by atoms with E-state index >= 15 is 0 Å². The molecule has 24 heavy (non-hydrogen) atoms. The standard InChI is InChI=1S/C16H16ClN3O3S/c1-23-15(22)12-13(17)20-16(24-12)18-8-9-2-4-10(5-3-9)14(21)19-11-6-7-11/h2-5,11H,6-8H2,1H3,(H,18,20)(H,19,21). The second kappa shape index (κ2) is 7.19.